The lowest BCUT2D eigenvalue weighted by Gasteiger charge is -2.34. The molecule has 1 aliphatic heterocycles. The normalized spacial score (nSPS) is 24.8. The van der Waals surface area contributed by atoms with Gasteiger partial charge in [0.15, 0.2) is 5.82 Å². The molecule has 1 saturated carbocycles. The molecule has 2 heterocycles. The second-order valence-corrected chi connectivity index (χ2v) is 5.94. The van der Waals surface area contributed by atoms with Crippen LogP contribution in [0.2, 0.25) is 0 Å². The Morgan fingerprint density at radius 1 is 1.30 bits per heavy atom. The fourth-order valence-corrected chi connectivity index (χ4v) is 3.44. The second kappa shape index (κ2) is 5.31. The van der Waals surface area contributed by atoms with E-state index in [0.29, 0.717) is 19.0 Å². The van der Waals surface area contributed by atoms with E-state index in [-0.39, 0.29) is 6.04 Å². The van der Waals surface area contributed by atoms with E-state index in [2.05, 4.69) is 14.8 Å². The minimum absolute atomic E-state index is 0.282. The first kappa shape index (κ1) is 13.8. The average molecular weight is 301 g/mol. The van der Waals surface area contributed by atoms with Crippen LogP contribution in [0, 0.1) is 0 Å². The van der Waals surface area contributed by atoms with Gasteiger partial charge in [0.05, 0.1) is 6.04 Å². The summed E-state index contributed by atoms with van der Waals surface area (Å²) in [5, 5.41) is 8.54. The third kappa shape index (κ3) is 2.20. The summed E-state index contributed by atoms with van der Waals surface area (Å²) >= 11 is 5.26. The van der Waals surface area contributed by atoms with Crippen LogP contribution in [0.15, 0.2) is 0 Å². The van der Waals surface area contributed by atoms with Gasteiger partial charge in [-0.25, -0.2) is 4.39 Å². The SMILES string of the molecule is CC1c2nnc(C3CCCC3)n2CCN1C(=O)C(F)Cl. The van der Waals surface area contributed by atoms with E-state index >= 15 is 0 Å². The summed E-state index contributed by atoms with van der Waals surface area (Å²) < 4.78 is 15.1. The van der Waals surface area contributed by atoms with Crippen LogP contribution in [-0.4, -0.2) is 37.7 Å². The third-order valence-corrected chi connectivity index (χ3v) is 4.59. The Kier molecular flexibility index (Phi) is 3.67. The van der Waals surface area contributed by atoms with Gasteiger partial charge in [-0.1, -0.05) is 24.4 Å². The van der Waals surface area contributed by atoms with E-state index in [1.807, 2.05) is 6.92 Å². The van der Waals surface area contributed by atoms with Crippen molar-refractivity contribution in [3.63, 3.8) is 0 Å². The van der Waals surface area contributed by atoms with Gasteiger partial charge in [-0.15, -0.1) is 10.2 Å². The van der Waals surface area contributed by atoms with Crippen LogP contribution in [0.4, 0.5) is 4.39 Å². The molecule has 2 unspecified atom stereocenters. The standard InChI is InChI=1S/C13H18ClFN4O/c1-8-11-16-17-12(9-4-2-3-5-9)19(11)7-6-18(8)13(20)10(14)15/h8-10H,2-7H2,1H3. The van der Waals surface area contributed by atoms with Crippen LogP contribution in [0.1, 0.15) is 56.2 Å². The number of alkyl halides is 2. The van der Waals surface area contributed by atoms with E-state index in [0.717, 1.165) is 24.5 Å². The lowest BCUT2D eigenvalue weighted by molar-refractivity contribution is -0.137. The van der Waals surface area contributed by atoms with Crippen molar-refractivity contribution in [1.29, 1.82) is 0 Å². The molecule has 0 spiro atoms. The zero-order valence-corrected chi connectivity index (χ0v) is 12.2. The molecule has 2 aliphatic rings. The average Bonchev–Trinajstić information content (AvgIpc) is 3.06. The van der Waals surface area contributed by atoms with Crippen molar-refractivity contribution in [2.45, 2.75) is 56.7 Å². The molecule has 0 radical (unpaired) electrons. The molecule has 3 rings (SSSR count). The molecule has 7 heteroatoms. The Hall–Kier alpha value is -1.17. The highest BCUT2D eigenvalue weighted by Gasteiger charge is 2.35. The van der Waals surface area contributed by atoms with Crippen molar-refractivity contribution >= 4 is 17.5 Å². The minimum atomic E-state index is -1.98. The topological polar surface area (TPSA) is 51.0 Å². The predicted molar refractivity (Wildman–Crippen MR) is 72.1 cm³/mol. The molecule has 0 aromatic carbocycles. The van der Waals surface area contributed by atoms with Crippen LogP contribution in [-0.2, 0) is 11.3 Å². The molecular weight excluding hydrogens is 283 g/mol. The number of halogens is 2. The molecule has 0 bridgehead atoms. The van der Waals surface area contributed by atoms with Gasteiger partial charge in [0.25, 0.3) is 11.5 Å². The number of hydrogen-bond acceptors (Lipinski definition) is 3. The van der Waals surface area contributed by atoms with Gasteiger partial charge in [-0.05, 0) is 19.8 Å². The highest BCUT2D eigenvalue weighted by molar-refractivity contribution is 6.29. The van der Waals surface area contributed by atoms with Gasteiger partial charge in [-0.3, -0.25) is 4.79 Å². The highest BCUT2D eigenvalue weighted by atomic mass is 35.5. The summed E-state index contributed by atoms with van der Waals surface area (Å²) in [4.78, 5) is 13.2. The number of rotatable bonds is 2. The van der Waals surface area contributed by atoms with Crippen LogP contribution < -0.4 is 0 Å². The fourth-order valence-electron chi connectivity index (χ4n) is 3.32. The third-order valence-electron chi connectivity index (χ3n) is 4.40. The summed E-state index contributed by atoms with van der Waals surface area (Å²) in [7, 11) is 0. The molecule has 1 aromatic heterocycles. The molecule has 1 aliphatic carbocycles. The monoisotopic (exact) mass is 300 g/mol. The van der Waals surface area contributed by atoms with Crippen molar-refractivity contribution in [2.24, 2.45) is 0 Å². The van der Waals surface area contributed by atoms with Gasteiger partial charge < -0.3 is 9.47 Å². The van der Waals surface area contributed by atoms with E-state index in [1.165, 1.54) is 17.7 Å². The van der Waals surface area contributed by atoms with Gasteiger partial charge in [0.2, 0.25) is 0 Å². The number of aromatic nitrogens is 3. The first-order chi connectivity index (χ1) is 9.59. The Morgan fingerprint density at radius 2 is 1.95 bits per heavy atom. The highest BCUT2D eigenvalue weighted by Crippen LogP contribution is 2.35. The number of amides is 1. The molecule has 110 valence electrons. The molecule has 1 amide bonds. The number of fused-ring (bicyclic) bond motifs is 1. The summed E-state index contributed by atoms with van der Waals surface area (Å²) in [6, 6.07) is -0.282. The van der Waals surface area contributed by atoms with E-state index in [1.54, 1.807) is 0 Å². The molecule has 5 nitrogen and oxygen atoms in total. The molecule has 1 aromatic rings. The Morgan fingerprint density at radius 3 is 2.60 bits per heavy atom. The molecule has 0 saturated heterocycles. The summed E-state index contributed by atoms with van der Waals surface area (Å²) in [5.41, 5.74) is -1.98. The van der Waals surface area contributed by atoms with Crippen LogP contribution in [0.5, 0.6) is 0 Å². The number of carbonyl (C=O) groups is 1. The molecule has 20 heavy (non-hydrogen) atoms. The first-order valence-electron chi connectivity index (χ1n) is 7.11. The number of carbonyl (C=O) groups excluding carboxylic acids is 1. The molecule has 2 atom stereocenters. The van der Waals surface area contributed by atoms with E-state index in [9.17, 15) is 9.18 Å². The van der Waals surface area contributed by atoms with Crippen molar-refractivity contribution in [2.75, 3.05) is 6.54 Å². The minimum Gasteiger partial charge on any atom is -0.327 e. The number of nitrogens with zero attached hydrogens (tertiary/aromatic N) is 4. The largest absolute Gasteiger partial charge is 0.327 e. The van der Waals surface area contributed by atoms with Crippen molar-refractivity contribution in [3.8, 4) is 0 Å². The van der Waals surface area contributed by atoms with Gasteiger partial charge in [-0.2, -0.15) is 0 Å². The van der Waals surface area contributed by atoms with Crippen LogP contribution in [0.3, 0.4) is 0 Å². The smallest absolute Gasteiger partial charge is 0.273 e. The Balaban J connectivity index is 1.86. The Bertz CT molecular complexity index is 512. The maximum absolute atomic E-state index is 13.0. The zero-order chi connectivity index (χ0) is 14.3. The summed E-state index contributed by atoms with van der Waals surface area (Å²) in [6.45, 7) is 2.92. The lowest BCUT2D eigenvalue weighted by atomic mass is 10.1. The molecule has 0 N–H and O–H groups in total. The summed E-state index contributed by atoms with van der Waals surface area (Å²) in [6.07, 6.45) is 4.79. The van der Waals surface area contributed by atoms with Crippen LogP contribution >= 0.6 is 11.6 Å². The van der Waals surface area contributed by atoms with Crippen molar-refractivity contribution in [3.05, 3.63) is 11.6 Å². The van der Waals surface area contributed by atoms with Crippen molar-refractivity contribution < 1.29 is 9.18 Å². The zero-order valence-electron chi connectivity index (χ0n) is 11.4. The first-order valence-corrected chi connectivity index (χ1v) is 7.55. The lowest BCUT2D eigenvalue weighted by Crippen LogP contribution is -2.44. The molecule has 1 fully saturated rings. The van der Waals surface area contributed by atoms with Gasteiger partial charge in [0, 0.05) is 19.0 Å². The van der Waals surface area contributed by atoms with E-state index < -0.39 is 11.5 Å². The Labute approximate surface area is 122 Å². The second-order valence-electron chi connectivity index (χ2n) is 5.56. The maximum Gasteiger partial charge on any atom is 0.273 e. The quantitative estimate of drug-likeness (QED) is 0.788. The molecular formula is C13H18ClFN4O. The fraction of sp³-hybridized carbons (Fsp3) is 0.769. The number of hydrogen-bond donors (Lipinski definition) is 0. The summed E-state index contributed by atoms with van der Waals surface area (Å²) in [5.74, 6) is 1.56. The van der Waals surface area contributed by atoms with E-state index in [4.69, 9.17) is 11.6 Å². The maximum atomic E-state index is 13.0. The van der Waals surface area contributed by atoms with Crippen LogP contribution in [0.25, 0.3) is 0 Å². The van der Waals surface area contributed by atoms with Gasteiger partial charge >= 0.3 is 0 Å². The van der Waals surface area contributed by atoms with Gasteiger partial charge in [0.1, 0.15) is 5.82 Å². The van der Waals surface area contributed by atoms with Crippen molar-refractivity contribution in [1.82, 2.24) is 19.7 Å². The predicted octanol–water partition coefficient (Wildman–Crippen LogP) is 2.37.